The summed E-state index contributed by atoms with van der Waals surface area (Å²) in [5, 5.41) is 3.18. The molecule has 0 spiro atoms. The molecular weight excluding hydrogens is 384 g/mol. The second kappa shape index (κ2) is 8.93. The number of aromatic amines is 1. The molecule has 0 aliphatic heterocycles. The lowest BCUT2D eigenvalue weighted by atomic mass is 10.1. The fourth-order valence-corrected chi connectivity index (χ4v) is 2.71. The van der Waals surface area contributed by atoms with Crippen LogP contribution in [0.4, 0.5) is 5.69 Å². The molecule has 1 aromatic carbocycles. The highest BCUT2D eigenvalue weighted by Crippen LogP contribution is 2.21. The number of anilines is 1. The first-order chi connectivity index (χ1) is 13.1. The van der Waals surface area contributed by atoms with Crippen molar-refractivity contribution in [2.75, 3.05) is 5.32 Å². The summed E-state index contributed by atoms with van der Waals surface area (Å²) in [6.45, 7) is 8.23. The van der Waals surface area contributed by atoms with E-state index >= 15 is 0 Å². The van der Waals surface area contributed by atoms with E-state index in [1.165, 1.54) is 6.92 Å². The van der Waals surface area contributed by atoms with Gasteiger partial charge in [-0.1, -0.05) is 11.6 Å². The van der Waals surface area contributed by atoms with Gasteiger partial charge in [-0.3, -0.25) is 4.79 Å². The van der Waals surface area contributed by atoms with Crippen LogP contribution in [-0.4, -0.2) is 35.0 Å². The minimum Gasteiger partial charge on any atom is -0.459 e. The molecule has 2 rings (SSSR count). The number of aryl methyl sites for hydroxylation is 1. The summed E-state index contributed by atoms with van der Waals surface area (Å²) < 4.78 is 10.4. The molecule has 0 radical (unpaired) electrons. The summed E-state index contributed by atoms with van der Waals surface area (Å²) in [4.78, 5) is 39.8. The molecule has 0 saturated heterocycles. The van der Waals surface area contributed by atoms with Crippen LogP contribution in [0.5, 0.6) is 0 Å². The average Bonchev–Trinajstić information content (AvgIpc) is 2.90. The Morgan fingerprint density at radius 2 is 1.61 bits per heavy atom. The third kappa shape index (κ3) is 5.13. The topological polar surface area (TPSA) is 97.5 Å². The number of benzene rings is 1. The zero-order chi connectivity index (χ0) is 21.0. The van der Waals surface area contributed by atoms with Crippen LogP contribution in [0.25, 0.3) is 0 Å². The minimum absolute atomic E-state index is 0.111. The molecule has 1 heterocycles. The summed E-state index contributed by atoms with van der Waals surface area (Å²) in [6.07, 6.45) is -1.33. The fourth-order valence-electron chi connectivity index (χ4n) is 2.58. The number of carbonyl (C=O) groups is 3. The van der Waals surface area contributed by atoms with E-state index in [2.05, 4.69) is 10.3 Å². The molecule has 2 aromatic rings. The van der Waals surface area contributed by atoms with E-state index in [1.807, 2.05) is 0 Å². The average molecular weight is 407 g/mol. The Morgan fingerprint density at radius 1 is 1.00 bits per heavy atom. The van der Waals surface area contributed by atoms with Crippen molar-refractivity contribution in [2.45, 2.75) is 46.8 Å². The van der Waals surface area contributed by atoms with E-state index in [0.29, 0.717) is 27.5 Å². The second-order valence-corrected chi connectivity index (χ2v) is 7.06. The quantitative estimate of drug-likeness (QED) is 0.705. The van der Waals surface area contributed by atoms with Crippen LogP contribution >= 0.6 is 11.6 Å². The van der Waals surface area contributed by atoms with Gasteiger partial charge in [0.15, 0.2) is 6.10 Å². The largest absolute Gasteiger partial charge is 0.459 e. The van der Waals surface area contributed by atoms with Crippen LogP contribution in [0.1, 0.15) is 52.9 Å². The van der Waals surface area contributed by atoms with Crippen molar-refractivity contribution in [1.82, 2.24) is 4.98 Å². The zero-order valence-corrected chi connectivity index (χ0v) is 17.1. The van der Waals surface area contributed by atoms with Crippen molar-refractivity contribution >= 4 is 35.1 Å². The first-order valence-corrected chi connectivity index (χ1v) is 9.15. The van der Waals surface area contributed by atoms with Gasteiger partial charge in [0.25, 0.3) is 5.91 Å². The Hall–Kier alpha value is -2.80. The maximum atomic E-state index is 12.5. The van der Waals surface area contributed by atoms with Crippen molar-refractivity contribution in [2.24, 2.45) is 0 Å². The lowest BCUT2D eigenvalue weighted by molar-refractivity contribution is -0.123. The first kappa shape index (κ1) is 21.5. The Morgan fingerprint density at radius 3 is 2.18 bits per heavy atom. The van der Waals surface area contributed by atoms with Gasteiger partial charge in [0.05, 0.1) is 11.7 Å². The Balaban J connectivity index is 2.08. The molecule has 28 heavy (non-hydrogen) atoms. The van der Waals surface area contributed by atoms with Gasteiger partial charge >= 0.3 is 11.9 Å². The van der Waals surface area contributed by atoms with Gasteiger partial charge < -0.3 is 19.8 Å². The van der Waals surface area contributed by atoms with Gasteiger partial charge in [-0.15, -0.1) is 0 Å². The maximum absolute atomic E-state index is 12.5. The molecule has 1 atom stereocenters. The number of esters is 2. The summed E-state index contributed by atoms with van der Waals surface area (Å²) in [5.74, 6) is -1.74. The van der Waals surface area contributed by atoms with Crippen molar-refractivity contribution in [3.05, 3.63) is 51.8 Å². The van der Waals surface area contributed by atoms with Gasteiger partial charge in [0.2, 0.25) is 0 Å². The van der Waals surface area contributed by atoms with Crippen molar-refractivity contribution in [1.29, 1.82) is 0 Å². The highest BCUT2D eigenvalue weighted by atomic mass is 35.5. The smallest absolute Gasteiger partial charge is 0.355 e. The molecule has 0 bridgehead atoms. The third-order valence-electron chi connectivity index (χ3n) is 3.95. The van der Waals surface area contributed by atoms with Crippen molar-refractivity contribution in [3.63, 3.8) is 0 Å². The van der Waals surface area contributed by atoms with E-state index in [-0.39, 0.29) is 11.8 Å². The van der Waals surface area contributed by atoms with Crippen molar-refractivity contribution in [3.8, 4) is 0 Å². The van der Waals surface area contributed by atoms with Gasteiger partial charge in [-0.2, -0.15) is 0 Å². The molecule has 8 heteroatoms. The summed E-state index contributed by atoms with van der Waals surface area (Å²) in [5.41, 5.74) is 1.84. The molecule has 1 aromatic heterocycles. The number of H-pyrrole nitrogens is 1. The maximum Gasteiger partial charge on any atom is 0.355 e. The first-order valence-electron chi connectivity index (χ1n) is 8.77. The molecule has 0 unspecified atom stereocenters. The van der Waals surface area contributed by atoms with E-state index in [1.54, 1.807) is 52.0 Å². The Kier molecular flexibility index (Phi) is 6.85. The molecule has 0 saturated carbocycles. The lowest BCUT2D eigenvalue weighted by Gasteiger charge is -2.13. The third-order valence-corrected chi connectivity index (χ3v) is 4.21. The van der Waals surface area contributed by atoms with Crippen molar-refractivity contribution < 1.29 is 23.9 Å². The van der Waals surface area contributed by atoms with Gasteiger partial charge in [0.1, 0.15) is 5.69 Å². The minimum atomic E-state index is -1.04. The Bertz CT molecular complexity index is 887. The number of carbonyl (C=O) groups excluding carboxylic acids is 3. The molecule has 0 aliphatic rings. The Labute approximate surface area is 168 Å². The highest BCUT2D eigenvalue weighted by Gasteiger charge is 2.26. The summed E-state index contributed by atoms with van der Waals surface area (Å²) >= 11 is 5.81. The second-order valence-electron chi connectivity index (χ2n) is 6.62. The zero-order valence-electron chi connectivity index (χ0n) is 16.4. The molecule has 0 aliphatic carbocycles. The van der Waals surface area contributed by atoms with E-state index in [0.717, 1.165) is 0 Å². The number of amides is 1. The van der Waals surface area contributed by atoms with E-state index in [9.17, 15) is 14.4 Å². The number of nitrogens with one attached hydrogen (secondary N) is 2. The van der Waals surface area contributed by atoms with Crippen LogP contribution in [0.2, 0.25) is 5.02 Å². The van der Waals surface area contributed by atoms with Crippen LogP contribution in [0, 0.1) is 13.8 Å². The van der Waals surface area contributed by atoms with Crippen LogP contribution < -0.4 is 5.32 Å². The number of rotatable bonds is 6. The summed E-state index contributed by atoms with van der Waals surface area (Å²) in [6, 6.07) is 6.55. The van der Waals surface area contributed by atoms with Gasteiger partial charge in [-0.25, -0.2) is 9.59 Å². The molecule has 2 N–H and O–H groups in total. The van der Waals surface area contributed by atoms with E-state index in [4.69, 9.17) is 21.1 Å². The van der Waals surface area contributed by atoms with Crippen LogP contribution in [0.15, 0.2) is 24.3 Å². The van der Waals surface area contributed by atoms with Gasteiger partial charge in [0, 0.05) is 16.4 Å². The van der Waals surface area contributed by atoms with Crippen LogP contribution in [-0.2, 0) is 14.3 Å². The summed E-state index contributed by atoms with van der Waals surface area (Å²) in [7, 11) is 0. The number of aromatic nitrogens is 1. The standard InChI is InChI=1S/C20H23ClN2O5/c1-10(2)27-19(25)16-11(3)17(22-12(16)4)20(26)28-13(5)18(24)23-15-8-6-14(21)7-9-15/h6-10,13,22H,1-5H3,(H,23,24)/t13-/m1/s1. The van der Waals surface area contributed by atoms with E-state index < -0.39 is 23.9 Å². The number of hydrogen-bond donors (Lipinski definition) is 2. The molecule has 7 nitrogen and oxygen atoms in total. The van der Waals surface area contributed by atoms with Gasteiger partial charge in [-0.05, 0) is 64.4 Å². The number of hydrogen-bond acceptors (Lipinski definition) is 5. The van der Waals surface area contributed by atoms with Crippen LogP contribution in [0.3, 0.4) is 0 Å². The number of ether oxygens (including phenoxy) is 2. The number of halogens is 1. The molecule has 0 fully saturated rings. The predicted molar refractivity (Wildman–Crippen MR) is 106 cm³/mol. The molecule has 150 valence electrons. The molecule has 1 amide bonds. The molecular formula is C20H23ClN2O5. The lowest BCUT2D eigenvalue weighted by Crippen LogP contribution is -2.30. The SMILES string of the molecule is Cc1[nH]c(C(=O)O[C@H](C)C(=O)Nc2ccc(Cl)cc2)c(C)c1C(=O)OC(C)C. The highest BCUT2D eigenvalue weighted by molar-refractivity contribution is 6.30. The fraction of sp³-hybridized carbons (Fsp3) is 0.350. The normalized spacial score (nSPS) is 11.8. The monoisotopic (exact) mass is 406 g/mol. The predicted octanol–water partition coefficient (Wildman–Crippen LogP) is 4.03.